The van der Waals surface area contributed by atoms with E-state index < -0.39 is 5.82 Å². The molecule has 0 atom stereocenters. The van der Waals surface area contributed by atoms with Gasteiger partial charge in [0.25, 0.3) is 0 Å². The fraction of sp³-hybridized carbons (Fsp3) is 0.333. The second kappa shape index (κ2) is 6.18. The summed E-state index contributed by atoms with van der Waals surface area (Å²) in [7, 11) is 1.81. The minimum atomic E-state index is -0.442. The number of halogens is 2. The smallest absolute Gasteiger partial charge is 0.161 e. The SMILES string of the molecule is CNc1cc(CC(C)C)nc(-c2ccc(F)c(Cl)c2)n1. The summed E-state index contributed by atoms with van der Waals surface area (Å²) in [4.78, 5) is 8.93. The zero-order valence-corrected chi connectivity index (χ0v) is 12.5. The summed E-state index contributed by atoms with van der Waals surface area (Å²) in [6.45, 7) is 4.27. The maximum Gasteiger partial charge on any atom is 0.161 e. The van der Waals surface area contributed by atoms with E-state index >= 15 is 0 Å². The normalized spacial score (nSPS) is 10.9. The van der Waals surface area contributed by atoms with Gasteiger partial charge >= 0.3 is 0 Å². The lowest BCUT2D eigenvalue weighted by Gasteiger charge is -2.10. The van der Waals surface area contributed by atoms with E-state index in [0.29, 0.717) is 17.3 Å². The van der Waals surface area contributed by atoms with E-state index in [1.807, 2.05) is 13.1 Å². The summed E-state index contributed by atoms with van der Waals surface area (Å²) in [5.74, 6) is 1.35. The van der Waals surface area contributed by atoms with Gasteiger partial charge in [-0.2, -0.15) is 0 Å². The van der Waals surface area contributed by atoms with Crippen LogP contribution in [-0.2, 0) is 6.42 Å². The van der Waals surface area contributed by atoms with Gasteiger partial charge in [-0.1, -0.05) is 25.4 Å². The van der Waals surface area contributed by atoms with Crippen LogP contribution >= 0.6 is 11.6 Å². The predicted octanol–water partition coefficient (Wildman–Crippen LogP) is 4.18. The van der Waals surface area contributed by atoms with Crippen LogP contribution in [0.3, 0.4) is 0 Å². The Labute approximate surface area is 123 Å². The maximum atomic E-state index is 13.2. The molecule has 1 heterocycles. The van der Waals surface area contributed by atoms with E-state index in [2.05, 4.69) is 29.1 Å². The van der Waals surface area contributed by atoms with E-state index in [-0.39, 0.29) is 5.02 Å². The van der Waals surface area contributed by atoms with Crippen LogP contribution in [0.15, 0.2) is 24.3 Å². The fourth-order valence-electron chi connectivity index (χ4n) is 1.91. The molecular weight excluding hydrogens is 277 g/mol. The van der Waals surface area contributed by atoms with E-state index in [1.54, 1.807) is 12.1 Å². The second-order valence-corrected chi connectivity index (χ2v) is 5.45. The average molecular weight is 294 g/mol. The van der Waals surface area contributed by atoms with Crippen molar-refractivity contribution in [3.63, 3.8) is 0 Å². The first-order valence-corrected chi connectivity index (χ1v) is 6.88. The molecule has 0 saturated heterocycles. The van der Waals surface area contributed by atoms with Gasteiger partial charge in [-0.3, -0.25) is 0 Å². The monoisotopic (exact) mass is 293 g/mol. The lowest BCUT2D eigenvalue weighted by Crippen LogP contribution is -2.03. The molecule has 0 saturated carbocycles. The Morgan fingerprint density at radius 3 is 2.60 bits per heavy atom. The molecule has 0 aliphatic heterocycles. The van der Waals surface area contributed by atoms with Crippen LogP contribution in [0.4, 0.5) is 10.2 Å². The van der Waals surface area contributed by atoms with Crippen LogP contribution in [0, 0.1) is 11.7 Å². The van der Waals surface area contributed by atoms with Gasteiger partial charge in [-0.05, 0) is 30.5 Å². The lowest BCUT2D eigenvalue weighted by molar-refractivity contribution is 0.628. The van der Waals surface area contributed by atoms with Crippen molar-refractivity contribution in [2.24, 2.45) is 5.92 Å². The van der Waals surface area contributed by atoms with Crippen molar-refractivity contribution in [1.82, 2.24) is 9.97 Å². The van der Waals surface area contributed by atoms with E-state index in [1.165, 1.54) is 6.07 Å². The maximum absolute atomic E-state index is 13.2. The molecule has 5 heteroatoms. The third-order valence-electron chi connectivity index (χ3n) is 2.83. The van der Waals surface area contributed by atoms with Crippen molar-refractivity contribution in [2.75, 3.05) is 12.4 Å². The topological polar surface area (TPSA) is 37.8 Å². The van der Waals surface area contributed by atoms with E-state index in [0.717, 1.165) is 17.9 Å². The zero-order chi connectivity index (χ0) is 14.7. The summed E-state index contributed by atoms with van der Waals surface area (Å²) in [6, 6.07) is 6.43. The van der Waals surface area contributed by atoms with Gasteiger partial charge in [-0.25, -0.2) is 14.4 Å². The van der Waals surface area contributed by atoms with Gasteiger partial charge in [0.05, 0.1) is 5.02 Å². The zero-order valence-electron chi connectivity index (χ0n) is 11.7. The van der Waals surface area contributed by atoms with Crippen molar-refractivity contribution in [3.8, 4) is 11.4 Å². The fourth-order valence-corrected chi connectivity index (χ4v) is 2.09. The first-order chi connectivity index (χ1) is 9.49. The first-order valence-electron chi connectivity index (χ1n) is 6.50. The molecule has 0 unspecified atom stereocenters. The summed E-state index contributed by atoms with van der Waals surface area (Å²) in [6.07, 6.45) is 0.860. The summed E-state index contributed by atoms with van der Waals surface area (Å²) in [5.41, 5.74) is 1.66. The highest BCUT2D eigenvalue weighted by atomic mass is 35.5. The number of rotatable bonds is 4. The standard InChI is InChI=1S/C15H17ClFN3/c1-9(2)6-11-8-14(18-3)20-15(19-11)10-4-5-13(17)12(16)7-10/h4-5,7-9H,6H2,1-3H3,(H,18,19,20). The molecule has 0 bridgehead atoms. The summed E-state index contributed by atoms with van der Waals surface area (Å²) in [5, 5.41) is 3.09. The van der Waals surface area contributed by atoms with Crippen molar-refractivity contribution < 1.29 is 4.39 Å². The van der Waals surface area contributed by atoms with Crippen LogP contribution in [-0.4, -0.2) is 17.0 Å². The average Bonchev–Trinajstić information content (AvgIpc) is 2.40. The Bertz CT molecular complexity index is 614. The predicted molar refractivity (Wildman–Crippen MR) is 80.5 cm³/mol. The largest absolute Gasteiger partial charge is 0.373 e. The lowest BCUT2D eigenvalue weighted by atomic mass is 10.1. The molecule has 2 aromatic rings. The number of aromatic nitrogens is 2. The first kappa shape index (κ1) is 14.7. The molecule has 0 aliphatic carbocycles. The van der Waals surface area contributed by atoms with Crippen LogP contribution < -0.4 is 5.32 Å². The Morgan fingerprint density at radius 2 is 2.00 bits per heavy atom. The molecule has 0 aliphatic rings. The molecule has 20 heavy (non-hydrogen) atoms. The van der Waals surface area contributed by atoms with E-state index in [9.17, 15) is 4.39 Å². The number of hydrogen-bond acceptors (Lipinski definition) is 3. The minimum absolute atomic E-state index is 0.0753. The van der Waals surface area contributed by atoms with Crippen molar-refractivity contribution in [3.05, 3.63) is 40.8 Å². The summed E-state index contributed by atoms with van der Waals surface area (Å²) < 4.78 is 13.2. The van der Waals surface area contributed by atoms with Gasteiger partial charge in [0.15, 0.2) is 5.82 Å². The van der Waals surface area contributed by atoms with Crippen molar-refractivity contribution in [2.45, 2.75) is 20.3 Å². The highest BCUT2D eigenvalue weighted by Crippen LogP contribution is 2.24. The molecule has 0 radical (unpaired) electrons. The second-order valence-electron chi connectivity index (χ2n) is 5.04. The third kappa shape index (κ3) is 3.45. The number of nitrogens with zero attached hydrogens (tertiary/aromatic N) is 2. The molecule has 3 nitrogen and oxygen atoms in total. The number of benzene rings is 1. The Balaban J connectivity index is 2.46. The minimum Gasteiger partial charge on any atom is -0.373 e. The molecule has 0 fully saturated rings. The number of anilines is 1. The van der Waals surface area contributed by atoms with Gasteiger partial charge in [0.2, 0.25) is 0 Å². The number of hydrogen-bond donors (Lipinski definition) is 1. The quantitative estimate of drug-likeness (QED) is 0.919. The van der Waals surface area contributed by atoms with Crippen LogP contribution in [0.5, 0.6) is 0 Å². The Morgan fingerprint density at radius 1 is 1.25 bits per heavy atom. The highest BCUT2D eigenvalue weighted by molar-refractivity contribution is 6.31. The van der Waals surface area contributed by atoms with Crippen LogP contribution in [0.25, 0.3) is 11.4 Å². The molecule has 106 valence electrons. The Kier molecular flexibility index (Phi) is 4.55. The molecule has 1 aromatic carbocycles. The molecule has 2 rings (SSSR count). The van der Waals surface area contributed by atoms with Crippen LogP contribution in [0.2, 0.25) is 5.02 Å². The molecular formula is C15H17ClFN3. The molecule has 1 aromatic heterocycles. The van der Waals surface area contributed by atoms with Gasteiger partial charge < -0.3 is 5.32 Å². The van der Waals surface area contributed by atoms with Crippen LogP contribution in [0.1, 0.15) is 19.5 Å². The number of nitrogens with one attached hydrogen (secondary N) is 1. The van der Waals surface area contributed by atoms with E-state index in [4.69, 9.17) is 11.6 Å². The van der Waals surface area contributed by atoms with Gasteiger partial charge in [0, 0.05) is 24.4 Å². The molecule has 0 amide bonds. The van der Waals surface area contributed by atoms with Crippen molar-refractivity contribution in [1.29, 1.82) is 0 Å². The van der Waals surface area contributed by atoms with Gasteiger partial charge in [0.1, 0.15) is 11.6 Å². The highest BCUT2D eigenvalue weighted by Gasteiger charge is 2.10. The third-order valence-corrected chi connectivity index (χ3v) is 3.12. The Hall–Kier alpha value is -1.68. The molecule has 1 N–H and O–H groups in total. The van der Waals surface area contributed by atoms with Crippen molar-refractivity contribution >= 4 is 17.4 Å². The molecule has 0 spiro atoms. The summed E-state index contributed by atoms with van der Waals surface area (Å²) >= 11 is 5.82. The van der Waals surface area contributed by atoms with Gasteiger partial charge in [-0.15, -0.1) is 0 Å².